The molecule has 0 aliphatic carbocycles. The largest absolute Gasteiger partial charge is 0.352 e. The smallest absolute Gasteiger partial charge is 0.328 e. The summed E-state index contributed by atoms with van der Waals surface area (Å²) in [5.74, 6) is -0.0556. The topological polar surface area (TPSA) is 87.2 Å². The molecule has 0 atom stereocenters. The second kappa shape index (κ2) is 9.89. The van der Waals surface area contributed by atoms with Crippen molar-refractivity contribution in [2.75, 3.05) is 19.6 Å². The van der Waals surface area contributed by atoms with Gasteiger partial charge in [0.15, 0.2) is 0 Å². The van der Waals surface area contributed by atoms with Crippen molar-refractivity contribution in [2.24, 2.45) is 5.92 Å². The van der Waals surface area contributed by atoms with E-state index < -0.39 is 17.2 Å². The van der Waals surface area contributed by atoms with E-state index in [0.29, 0.717) is 12.5 Å². The summed E-state index contributed by atoms with van der Waals surface area (Å²) in [6.45, 7) is 3.61. The minimum absolute atomic E-state index is 0.0299. The fourth-order valence-electron chi connectivity index (χ4n) is 3.90. The van der Waals surface area contributed by atoms with Gasteiger partial charge in [0, 0.05) is 24.2 Å². The molecule has 2 aromatic heterocycles. The van der Waals surface area contributed by atoms with Crippen molar-refractivity contribution >= 4 is 17.2 Å². The van der Waals surface area contributed by atoms with Crippen LogP contribution in [0.15, 0.2) is 63.6 Å². The summed E-state index contributed by atoms with van der Waals surface area (Å²) in [5.41, 5.74) is 0.205. The van der Waals surface area contributed by atoms with E-state index in [1.807, 2.05) is 23.6 Å². The number of aromatic amines is 1. The molecule has 2 N–H and O–H groups in total. The van der Waals surface area contributed by atoms with E-state index >= 15 is 0 Å². The second-order valence-electron chi connectivity index (χ2n) is 7.89. The lowest BCUT2D eigenvalue weighted by Crippen LogP contribution is -2.42. The first-order valence-electron chi connectivity index (χ1n) is 10.5. The summed E-state index contributed by atoms with van der Waals surface area (Å²) in [4.78, 5) is 43.2. The number of nitrogens with one attached hydrogen (secondary N) is 2. The van der Waals surface area contributed by atoms with Crippen molar-refractivity contribution in [2.45, 2.75) is 25.9 Å². The molecule has 8 heteroatoms. The Morgan fingerprint density at radius 2 is 1.84 bits per heavy atom. The fraction of sp³-hybridized carbons (Fsp3) is 0.348. The predicted octanol–water partition coefficient (Wildman–Crippen LogP) is 2.29. The van der Waals surface area contributed by atoms with Gasteiger partial charge in [-0.25, -0.2) is 4.79 Å². The van der Waals surface area contributed by atoms with Gasteiger partial charge in [-0.05, 0) is 48.9 Å². The van der Waals surface area contributed by atoms with Crippen LogP contribution < -0.4 is 16.6 Å². The Morgan fingerprint density at radius 3 is 2.55 bits per heavy atom. The van der Waals surface area contributed by atoms with Crippen molar-refractivity contribution in [1.82, 2.24) is 19.8 Å². The Kier molecular flexibility index (Phi) is 6.79. The number of hydrogen-bond acceptors (Lipinski definition) is 5. The number of aromatic nitrogens is 2. The Balaban J connectivity index is 1.31. The van der Waals surface area contributed by atoms with Crippen LogP contribution in [-0.4, -0.2) is 40.0 Å². The molecule has 1 amide bonds. The first-order chi connectivity index (χ1) is 15.1. The quantitative estimate of drug-likeness (QED) is 0.593. The number of carbonyl (C=O) groups is 1. The SMILES string of the molecule is O=C(NCC1CCN(Cc2ccccc2)CC1)c1c[nH]c(=O)n(Cc2cccs2)c1=O. The van der Waals surface area contributed by atoms with Crippen LogP contribution in [0.4, 0.5) is 0 Å². The molecule has 0 radical (unpaired) electrons. The number of hydrogen-bond donors (Lipinski definition) is 2. The van der Waals surface area contributed by atoms with Gasteiger partial charge in [0.1, 0.15) is 5.56 Å². The molecule has 4 rings (SSSR count). The van der Waals surface area contributed by atoms with E-state index in [-0.39, 0.29) is 12.1 Å². The van der Waals surface area contributed by atoms with Gasteiger partial charge >= 0.3 is 5.69 Å². The fourth-order valence-corrected chi connectivity index (χ4v) is 4.59. The summed E-state index contributed by atoms with van der Waals surface area (Å²) in [6, 6.07) is 14.1. The maximum absolute atomic E-state index is 12.7. The number of rotatable bonds is 7. The average molecular weight is 439 g/mol. The predicted molar refractivity (Wildman–Crippen MR) is 122 cm³/mol. The Bertz CT molecular complexity index is 1110. The van der Waals surface area contributed by atoms with Crippen LogP contribution in [0.25, 0.3) is 0 Å². The van der Waals surface area contributed by atoms with Crippen molar-refractivity contribution in [3.05, 3.63) is 90.9 Å². The number of H-pyrrole nitrogens is 1. The highest BCUT2D eigenvalue weighted by molar-refractivity contribution is 7.09. The van der Waals surface area contributed by atoms with Crippen LogP contribution >= 0.6 is 11.3 Å². The Morgan fingerprint density at radius 1 is 1.06 bits per heavy atom. The molecule has 0 spiro atoms. The average Bonchev–Trinajstić information content (AvgIpc) is 3.30. The molecule has 0 saturated carbocycles. The molecule has 7 nitrogen and oxygen atoms in total. The summed E-state index contributed by atoms with van der Waals surface area (Å²) >= 11 is 1.46. The molecule has 3 aromatic rings. The zero-order valence-electron chi connectivity index (χ0n) is 17.3. The van der Waals surface area contributed by atoms with Gasteiger partial charge < -0.3 is 10.3 Å². The monoisotopic (exact) mass is 438 g/mol. The van der Waals surface area contributed by atoms with Crippen molar-refractivity contribution in [3.63, 3.8) is 0 Å². The van der Waals surface area contributed by atoms with Gasteiger partial charge in [0.25, 0.3) is 11.5 Å². The molecular formula is C23H26N4O3S. The highest BCUT2D eigenvalue weighted by atomic mass is 32.1. The Labute approximate surface area is 184 Å². The first kappa shape index (κ1) is 21.3. The summed E-state index contributed by atoms with van der Waals surface area (Å²) in [6.07, 6.45) is 3.22. The van der Waals surface area contributed by atoms with Crippen LogP contribution in [0.3, 0.4) is 0 Å². The zero-order chi connectivity index (χ0) is 21.6. The third kappa shape index (κ3) is 5.39. The first-order valence-corrected chi connectivity index (χ1v) is 11.4. The maximum Gasteiger partial charge on any atom is 0.328 e. The van der Waals surface area contributed by atoms with E-state index in [1.54, 1.807) is 0 Å². The van der Waals surface area contributed by atoms with Gasteiger partial charge in [-0.3, -0.25) is 19.1 Å². The molecule has 1 aliphatic rings. The van der Waals surface area contributed by atoms with Gasteiger partial charge in [-0.15, -0.1) is 11.3 Å². The van der Waals surface area contributed by atoms with Crippen LogP contribution in [-0.2, 0) is 13.1 Å². The molecule has 0 unspecified atom stereocenters. The molecule has 1 saturated heterocycles. The molecule has 1 aromatic carbocycles. The number of carbonyl (C=O) groups excluding carboxylic acids is 1. The maximum atomic E-state index is 12.7. The third-order valence-corrected chi connectivity index (χ3v) is 6.57. The van der Waals surface area contributed by atoms with Gasteiger partial charge in [-0.2, -0.15) is 0 Å². The second-order valence-corrected chi connectivity index (χ2v) is 8.93. The van der Waals surface area contributed by atoms with E-state index in [2.05, 4.69) is 39.5 Å². The molecule has 0 bridgehead atoms. The lowest BCUT2D eigenvalue weighted by atomic mass is 9.96. The summed E-state index contributed by atoms with van der Waals surface area (Å²) in [7, 11) is 0. The Hall–Kier alpha value is -2.97. The van der Waals surface area contributed by atoms with Gasteiger partial charge in [0.05, 0.1) is 6.54 Å². The van der Waals surface area contributed by atoms with E-state index in [0.717, 1.165) is 41.9 Å². The number of piperidine rings is 1. The van der Waals surface area contributed by atoms with E-state index in [1.165, 1.54) is 23.1 Å². The molecule has 162 valence electrons. The summed E-state index contributed by atoms with van der Waals surface area (Å²) < 4.78 is 1.07. The number of amides is 1. The van der Waals surface area contributed by atoms with Crippen LogP contribution in [0.1, 0.15) is 33.6 Å². The molecule has 31 heavy (non-hydrogen) atoms. The molecule has 1 aliphatic heterocycles. The highest BCUT2D eigenvalue weighted by Crippen LogP contribution is 2.18. The van der Waals surface area contributed by atoms with Crippen molar-refractivity contribution in [1.29, 1.82) is 0 Å². The lowest BCUT2D eigenvalue weighted by Gasteiger charge is -2.32. The minimum atomic E-state index is -0.563. The zero-order valence-corrected chi connectivity index (χ0v) is 18.1. The minimum Gasteiger partial charge on any atom is -0.352 e. The van der Waals surface area contributed by atoms with Crippen molar-refractivity contribution in [3.8, 4) is 0 Å². The lowest BCUT2D eigenvalue weighted by molar-refractivity contribution is 0.0932. The number of likely N-dealkylation sites (tertiary alicyclic amines) is 1. The summed E-state index contributed by atoms with van der Waals surface area (Å²) in [5, 5.41) is 4.77. The van der Waals surface area contributed by atoms with Gasteiger partial charge in [-0.1, -0.05) is 36.4 Å². The third-order valence-electron chi connectivity index (χ3n) is 5.71. The number of thiophene rings is 1. The highest BCUT2D eigenvalue weighted by Gasteiger charge is 2.21. The molecule has 3 heterocycles. The normalized spacial score (nSPS) is 15.1. The number of benzene rings is 1. The van der Waals surface area contributed by atoms with Crippen molar-refractivity contribution < 1.29 is 4.79 Å². The van der Waals surface area contributed by atoms with Gasteiger partial charge in [0.2, 0.25) is 0 Å². The number of nitrogens with zero attached hydrogens (tertiary/aromatic N) is 2. The van der Waals surface area contributed by atoms with Crippen LogP contribution in [0, 0.1) is 5.92 Å². The van der Waals surface area contributed by atoms with E-state index in [4.69, 9.17) is 0 Å². The van der Waals surface area contributed by atoms with Crippen LogP contribution in [0.2, 0.25) is 0 Å². The molecular weight excluding hydrogens is 412 g/mol. The van der Waals surface area contributed by atoms with Crippen LogP contribution in [0.5, 0.6) is 0 Å². The standard InChI is InChI=1S/C23H26N4O3S/c28-21(20-14-25-23(30)27(22(20)29)16-19-7-4-12-31-19)24-13-17-8-10-26(11-9-17)15-18-5-2-1-3-6-18/h1-7,12,14,17H,8-11,13,15-16H2,(H,24,28)(H,25,30). The molecule has 1 fully saturated rings. The van der Waals surface area contributed by atoms with E-state index in [9.17, 15) is 14.4 Å².